The van der Waals surface area contributed by atoms with Gasteiger partial charge in [-0.2, -0.15) is 19.7 Å². The van der Waals surface area contributed by atoms with E-state index >= 15 is 0 Å². The maximum Gasteiger partial charge on any atom is 0.274 e. The third kappa shape index (κ3) is 3.46. The standard InChI is InChI=1S/C17H16FN5O3/c1-10-8-13(16(24)19-12-7-5-4-6-11(12)18)23(22-10)17-20-14(25-2)9-15(21-17)26-3/h4-9H,1-3H3,(H,19,24). The Morgan fingerprint density at radius 2 is 1.77 bits per heavy atom. The smallest absolute Gasteiger partial charge is 0.274 e. The summed E-state index contributed by atoms with van der Waals surface area (Å²) < 4.78 is 25.3. The Labute approximate surface area is 148 Å². The Morgan fingerprint density at radius 1 is 1.12 bits per heavy atom. The summed E-state index contributed by atoms with van der Waals surface area (Å²) in [6.07, 6.45) is 0. The molecule has 3 aromatic rings. The van der Waals surface area contributed by atoms with Gasteiger partial charge in [0, 0.05) is 0 Å². The average Bonchev–Trinajstić information content (AvgIpc) is 3.05. The van der Waals surface area contributed by atoms with Gasteiger partial charge in [0.05, 0.1) is 31.7 Å². The molecule has 0 saturated carbocycles. The fourth-order valence-electron chi connectivity index (χ4n) is 2.26. The molecule has 0 aliphatic heterocycles. The first-order chi connectivity index (χ1) is 12.5. The second kappa shape index (κ2) is 7.18. The molecule has 0 bridgehead atoms. The molecule has 1 aromatic carbocycles. The van der Waals surface area contributed by atoms with Crippen LogP contribution in [0.1, 0.15) is 16.2 Å². The van der Waals surface area contributed by atoms with E-state index < -0.39 is 11.7 Å². The topological polar surface area (TPSA) is 91.2 Å². The van der Waals surface area contributed by atoms with Crippen LogP contribution in [0.4, 0.5) is 10.1 Å². The van der Waals surface area contributed by atoms with Gasteiger partial charge in [-0.3, -0.25) is 4.79 Å². The van der Waals surface area contributed by atoms with Crippen molar-refractivity contribution in [3.05, 3.63) is 53.6 Å². The number of rotatable bonds is 5. The van der Waals surface area contributed by atoms with E-state index in [2.05, 4.69) is 20.4 Å². The molecule has 2 heterocycles. The van der Waals surface area contributed by atoms with E-state index in [4.69, 9.17) is 9.47 Å². The fourth-order valence-corrected chi connectivity index (χ4v) is 2.26. The van der Waals surface area contributed by atoms with Gasteiger partial charge < -0.3 is 14.8 Å². The normalized spacial score (nSPS) is 10.5. The number of halogens is 1. The molecular formula is C17H16FN5O3. The number of ether oxygens (including phenoxy) is 2. The summed E-state index contributed by atoms with van der Waals surface area (Å²) in [6, 6.07) is 8.93. The van der Waals surface area contributed by atoms with Gasteiger partial charge in [0.15, 0.2) is 0 Å². The number of amides is 1. The predicted octanol–water partition coefficient (Wildman–Crippen LogP) is 2.38. The third-order valence-electron chi connectivity index (χ3n) is 3.46. The highest BCUT2D eigenvalue weighted by atomic mass is 19.1. The van der Waals surface area contributed by atoms with E-state index in [1.54, 1.807) is 19.1 Å². The van der Waals surface area contributed by atoms with Crippen LogP contribution >= 0.6 is 0 Å². The van der Waals surface area contributed by atoms with E-state index in [1.165, 1.54) is 43.2 Å². The van der Waals surface area contributed by atoms with E-state index in [0.717, 1.165) is 0 Å². The Bertz CT molecular complexity index is 935. The number of aryl methyl sites for hydroxylation is 1. The van der Waals surface area contributed by atoms with Crippen LogP contribution in [0.25, 0.3) is 5.95 Å². The molecule has 0 radical (unpaired) electrons. The lowest BCUT2D eigenvalue weighted by Gasteiger charge is -2.09. The van der Waals surface area contributed by atoms with Gasteiger partial charge in [-0.05, 0) is 25.1 Å². The highest BCUT2D eigenvalue weighted by Crippen LogP contribution is 2.20. The zero-order valence-electron chi connectivity index (χ0n) is 14.4. The number of nitrogens with zero attached hydrogens (tertiary/aromatic N) is 4. The third-order valence-corrected chi connectivity index (χ3v) is 3.46. The van der Waals surface area contributed by atoms with Gasteiger partial charge in [-0.15, -0.1) is 0 Å². The molecule has 0 spiro atoms. The number of aromatic nitrogens is 4. The molecule has 1 amide bonds. The van der Waals surface area contributed by atoms with Crippen LogP contribution < -0.4 is 14.8 Å². The van der Waals surface area contributed by atoms with Crippen LogP contribution in [0.15, 0.2) is 36.4 Å². The maximum atomic E-state index is 13.8. The first-order valence-electron chi connectivity index (χ1n) is 7.62. The Kier molecular flexibility index (Phi) is 4.78. The molecule has 9 heteroatoms. The number of benzene rings is 1. The quantitative estimate of drug-likeness (QED) is 0.754. The van der Waals surface area contributed by atoms with Crippen molar-refractivity contribution < 1.29 is 18.7 Å². The van der Waals surface area contributed by atoms with Crippen LogP contribution in [-0.2, 0) is 0 Å². The summed E-state index contributed by atoms with van der Waals surface area (Å²) in [7, 11) is 2.90. The molecule has 8 nitrogen and oxygen atoms in total. The Balaban J connectivity index is 2.01. The summed E-state index contributed by atoms with van der Waals surface area (Å²) in [4.78, 5) is 21.0. The molecular weight excluding hydrogens is 341 g/mol. The summed E-state index contributed by atoms with van der Waals surface area (Å²) in [5.74, 6) is -0.502. The number of hydrogen-bond acceptors (Lipinski definition) is 6. The monoisotopic (exact) mass is 357 g/mol. The van der Waals surface area contributed by atoms with Crippen molar-refractivity contribution >= 4 is 11.6 Å². The number of nitrogens with one attached hydrogen (secondary N) is 1. The zero-order valence-corrected chi connectivity index (χ0v) is 14.4. The lowest BCUT2D eigenvalue weighted by atomic mass is 10.3. The number of carbonyl (C=O) groups excluding carboxylic acids is 1. The largest absolute Gasteiger partial charge is 0.481 e. The number of para-hydroxylation sites is 1. The van der Waals surface area contributed by atoms with Crippen molar-refractivity contribution in [3.8, 4) is 17.7 Å². The fraction of sp³-hybridized carbons (Fsp3) is 0.176. The lowest BCUT2D eigenvalue weighted by Crippen LogP contribution is -2.19. The van der Waals surface area contributed by atoms with Gasteiger partial charge in [0.1, 0.15) is 11.5 Å². The van der Waals surface area contributed by atoms with Crippen molar-refractivity contribution in [2.45, 2.75) is 6.92 Å². The maximum absolute atomic E-state index is 13.8. The highest BCUT2D eigenvalue weighted by Gasteiger charge is 2.19. The molecule has 3 rings (SSSR count). The molecule has 0 unspecified atom stereocenters. The van der Waals surface area contributed by atoms with Gasteiger partial charge in [-0.1, -0.05) is 12.1 Å². The molecule has 0 fully saturated rings. The second-order valence-corrected chi connectivity index (χ2v) is 5.27. The lowest BCUT2D eigenvalue weighted by molar-refractivity contribution is 0.101. The zero-order chi connectivity index (χ0) is 18.7. The summed E-state index contributed by atoms with van der Waals surface area (Å²) in [5, 5.41) is 6.76. The average molecular weight is 357 g/mol. The van der Waals surface area contributed by atoms with Gasteiger partial charge >= 0.3 is 0 Å². The Hall–Kier alpha value is -3.49. The second-order valence-electron chi connectivity index (χ2n) is 5.27. The minimum atomic E-state index is -0.555. The van der Waals surface area contributed by atoms with Crippen LogP contribution in [0, 0.1) is 12.7 Å². The number of hydrogen-bond donors (Lipinski definition) is 1. The molecule has 26 heavy (non-hydrogen) atoms. The minimum absolute atomic E-state index is 0.0621. The van der Waals surface area contributed by atoms with E-state index in [-0.39, 0.29) is 29.1 Å². The molecule has 0 atom stereocenters. The molecule has 134 valence electrons. The molecule has 0 aliphatic carbocycles. The van der Waals surface area contributed by atoms with Crippen molar-refractivity contribution in [1.29, 1.82) is 0 Å². The van der Waals surface area contributed by atoms with Crippen molar-refractivity contribution in [1.82, 2.24) is 19.7 Å². The van der Waals surface area contributed by atoms with E-state index in [0.29, 0.717) is 5.69 Å². The number of carbonyl (C=O) groups is 1. The van der Waals surface area contributed by atoms with Crippen molar-refractivity contribution in [2.75, 3.05) is 19.5 Å². The number of methoxy groups -OCH3 is 2. The first-order valence-corrected chi connectivity index (χ1v) is 7.62. The van der Waals surface area contributed by atoms with Crippen molar-refractivity contribution in [2.24, 2.45) is 0 Å². The summed E-state index contributed by atoms with van der Waals surface area (Å²) >= 11 is 0. The SMILES string of the molecule is COc1cc(OC)nc(-n2nc(C)cc2C(=O)Nc2ccccc2F)n1. The first kappa shape index (κ1) is 17.3. The molecule has 0 aliphatic rings. The van der Waals surface area contributed by atoms with E-state index in [9.17, 15) is 9.18 Å². The highest BCUT2D eigenvalue weighted by molar-refractivity contribution is 6.03. The minimum Gasteiger partial charge on any atom is -0.481 e. The van der Waals surface area contributed by atoms with E-state index in [1.807, 2.05) is 0 Å². The summed E-state index contributed by atoms with van der Waals surface area (Å²) in [6.45, 7) is 1.72. The summed E-state index contributed by atoms with van der Waals surface area (Å²) in [5.41, 5.74) is 0.766. The predicted molar refractivity (Wildman–Crippen MR) is 91.3 cm³/mol. The molecule has 2 aromatic heterocycles. The molecule has 0 saturated heterocycles. The van der Waals surface area contributed by atoms with Crippen LogP contribution in [0.3, 0.4) is 0 Å². The van der Waals surface area contributed by atoms with Crippen LogP contribution in [0.2, 0.25) is 0 Å². The van der Waals surface area contributed by atoms with Crippen LogP contribution in [-0.4, -0.2) is 39.9 Å². The molecule has 1 N–H and O–H groups in total. The van der Waals surface area contributed by atoms with Gasteiger partial charge in [0.25, 0.3) is 11.9 Å². The Morgan fingerprint density at radius 3 is 2.38 bits per heavy atom. The van der Waals surface area contributed by atoms with Crippen LogP contribution in [0.5, 0.6) is 11.8 Å². The van der Waals surface area contributed by atoms with Crippen molar-refractivity contribution in [3.63, 3.8) is 0 Å². The number of anilines is 1. The van der Waals surface area contributed by atoms with Gasteiger partial charge in [-0.25, -0.2) is 4.39 Å². The van der Waals surface area contributed by atoms with Gasteiger partial charge in [0.2, 0.25) is 11.8 Å².